The highest BCUT2D eigenvalue weighted by molar-refractivity contribution is 5.89. The van der Waals surface area contributed by atoms with Gasteiger partial charge < -0.3 is 66.3 Å². The molecule has 1 aromatic rings. The maximum Gasteiger partial charge on any atom is 0.338 e. The predicted molar refractivity (Wildman–Crippen MR) is 271 cm³/mol. The fourth-order valence-corrected chi connectivity index (χ4v) is 11.0. The molecule has 10 unspecified atom stereocenters. The van der Waals surface area contributed by atoms with Gasteiger partial charge in [-0.15, -0.1) is 0 Å². The molecule has 1 aromatic carbocycles. The lowest BCUT2D eigenvalue weighted by Gasteiger charge is -2.51. The molecule has 434 valence electrons. The number of ether oxygens (including phenoxy) is 14. The predicted octanol–water partition coefficient (Wildman–Crippen LogP) is 6.77. The van der Waals surface area contributed by atoms with E-state index in [4.69, 9.17) is 66.3 Å². The fraction of sp³-hybridized carbons (Fsp3) is 0.792. The summed E-state index contributed by atoms with van der Waals surface area (Å²) in [5, 5.41) is 8.16. The lowest BCUT2D eigenvalue weighted by Crippen LogP contribution is -2.63. The third kappa shape index (κ3) is 14.6. The minimum Gasteiger partial charge on any atom is -0.467 e. The molecule has 0 radical (unpaired) electrons. The second-order valence-corrected chi connectivity index (χ2v) is 21.4. The summed E-state index contributed by atoms with van der Waals surface area (Å²) in [5.74, 6) is -6.30. The number of rotatable bonds is 19. The van der Waals surface area contributed by atoms with Crippen LogP contribution in [-0.2, 0) is 85.5 Å². The summed E-state index contributed by atoms with van der Waals surface area (Å²) in [4.78, 5) is 70.0. The van der Waals surface area contributed by atoms with Crippen molar-refractivity contribution in [3.05, 3.63) is 56.8 Å². The van der Waals surface area contributed by atoms with Crippen molar-refractivity contribution < 1.29 is 90.3 Å². The number of esters is 5. The van der Waals surface area contributed by atoms with Crippen molar-refractivity contribution in [2.45, 2.75) is 194 Å². The van der Waals surface area contributed by atoms with Gasteiger partial charge >= 0.3 is 29.8 Å². The van der Waals surface area contributed by atoms with Crippen molar-refractivity contribution in [1.82, 2.24) is 0 Å². The van der Waals surface area contributed by atoms with Gasteiger partial charge in [0.05, 0.1) is 61.4 Å². The third-order valence-corrected chi connectivity index (χ3v) is 16.4. The van der Waals surface area contributed by atoms with E-state index >= 15 is 0 Å². The molecule has 0 spiro atoms. The van der Waals surface area contributed by atoms with E-state index in [0.717, 1.165) is 0 Å². The van der Waals surface area contributed by atoms with Crippen LogP contribution in [0.3, 0.4) is 0 Å². The fourth-order valence-electron chi connectivity index (χ4n) is 11.0. The molecule has 6 rings (SSSR count). The first-order valence-electron chi connectivity index (χ1n) is 26.7. The molecular weight excluding hydrogens is 1020 g/mol. The van der Waals surface area contributed by atoms with Gasteiger partial charge in [-0.3, -0.25) is 14.4 Å². The highest BCUT2D eigenvalue weighted by Crippen LogP contribution is 2.44. The van der Waals surface area contributed by atoms with E-state index in [1.54, 1.807) is 51.1 Å². The summed E-state index contributed by atoms with van der Waals surface area (Å²) in [5.41, 5.74) is 19.9. The first kappa shape index (κ1) is 62.0. The van der Waals surface area contributed by atoms with Crippen LogP contribution in [0.5, 0.6) is 0 Å². The van der Waals surface area contributed by atoms with Crippen LogP contribution in [-0.4, -0.2) is 161 Å². The number of methoxy groups -OCH3 is 1. The monoisotopic (exact) mass is 1100 g/mol. The Labute approximate surface area is 454 Å². The highest BCUT2D eigenvalue weighted by Gasteiger charge is 2.56. The second-order valence-electron chi connectivity index (χ2n) is 21.4. The first-order chi connectivity index (χ1) is 37.0. The number of hydrogen-bond acceptors (Lipinski definition) is 21. The van der Waals surface area contributed by atoms with E-state index in [0.29, 0.717) is 0 Å². The first-order valence-corrected chi connectivity index (χ1v) is 26.7. The molecule has 25 atom stereocenters. The summed E-state index contributed by atoms with van der Waals surface area (Å²) in [6.45, 7) is 22.0. The quantitative estimate of drug-likeness (QED) is 0.0453. The molecule has 5 heterocycles. The van der Waals surface area contributed by atoms with Crippen molar-refractivity contribution in [2.75, 3.05) is 26.9 Å². The van der Waals surface area contributed by atoms with Gasteiger partial charge in [0.15, 0.2) is 37.4 Å². The van der Waals surface area contributed by atoms with E-state index in [1.165, 1.54) is 27.9 Å². The van der Waals surface area contributed by atoms with Crippen molar-refractivity contribution >= 4 is 29.8 Å². The number of benzene rings is 1. The van der Waals surface area contributed by atoms with Crippen LogP contribution < -0.4 is 0 Å². The molecule has 25 heteroatoms. The Morgan fingerprint density at radius 3 is 1.54 bits per heavy atom. The molecule has 5 saturated heterocycles. The molecule has 0 saturated carbocycles. The van der Waals surface area contributed by atoms with Gasteiger partial charge in [-0.1, -0.05) is 83.8 Å². The van der Waals surface area contributed by atoms with Crippen LogP contribution in [0.15, 0.2) is 40.6 Å². The minimum absolute atomic E-state index is 0.0139. The number of carbonyl (C=O) groups excluding carboxylic acids is 5. The summed E-state index contributed by atoms with van der Waals surface area (Å²) < 4.78 is 87.0. The van der Waals surface area contributed by atoms with Crippen LogP contribution in [0, 0.1) is 47.3 Å². The average Bonchev–Trinajstić information content (AvgIpc) is 3.46. The van der Waals surface area contributed by atoms with Crippen LogP contribution in [0.2, 0.25) is 0 Å². The molecular formula is C53H78N6O19. The van der Waals surface area contributed by atoms with E-state index < -0.39 is 152 Å². The molecule has 0 aromatic heterocycles. The Bertz CT molecular complexity index is 2310. The largest absolute Gasteiger partial charge is 0.467 e. The Morgan fingerprint density at radius 2 is 0.974 bits per heavy atom. The van der Waals surface area contributed by atoms with E-state index in [-0.39, 0.29) is 55.2 Å². The van der Waals surface area contributed by atoms with Gasteiger partial charge in [-0.2, -0.15) is 0 Å². The Hall–Kier alpha value is -5.17. The second kappa shape index (κ2) is 27.8. The van der Waals surface area contributed by atoms with Gasteiger partial charge in [0, 0.05) is 42.4 Å². The Kier molecular flexibility index (Phi) is 22.1. The third-order valence-electron chi connectivity index (χ3n) is 16.4. The van der Waals surface area contributed by atoms with Crippen molar-refractivity contribution in [2.24, 2.45) is 57.6 Å². The topological polar surface area (TPSA) is 312 Å². The molecule has 0 N–H and O–H groups in total. The van der Waals surface area contributed by atoms with E-state index in [1.807, 2.05) is 48.5 Å². The number of carbonyl (C=O) groups is 5. The summed E-state index contributed by atoms with van der Waals surface area (Å²) in [7, 11) is 1.19. The van der Waals surface area contributed by atoms with Gasteiger partial charge in [-0.25, -0.2) is 9.59 Å². The average molecular weight is 1100 g/mol. The molecule has 5 fully saturated rings. The normalized spacial score (nSPS) is 40.7. The molecule has 78 heavy (non-hydrogen) atoms. The maximum atomic E-state index is 13.9. The SMILES string of the molecule is COC(=O)C1O[C@@H](O[C@@H]2C(COC(C)=O)O[C@H](O[C@H]3C(C)C(OC(=O)c4ccccc4)[C@H](O[C@@H]4C(COC(C)=O)O[C@H](C)C(C)[C@H]4C)O[C@H]3C)C(N=[N+]=[N-])[C@H]2C)C(C)[C@@H](C)[C@@H]1O[C@H]1OC(COC(C)=O)[C@@H](C)[C@H](C)C1N=[N+]=[N-]. The highest BCUT2D eigenvalue weighted by atomic mass is 16.8. The molecule has 5 aliphatic heterocycles. The molecule has 0 aliphatic carbocycles. The van der Waals surface area contributed by atoms with Crippen LogP contribution in [0.25, 0.3) is 20.9 Å². The molecule has 25 nitrogen and oxygen atoms in total. The van der Waals surface area contributed by atoms with Crippen molar-refractivity contribution in [3.63, 3.8) is 0 Å². The Balaban J connectivity index is 1.26. The summed E-state index contributed by atoms with van der Waals surface area (Å²) in [6.07, 6.45) is -14.5. The van der Waals surface area contributed by atoms with Crippen LogP contribution >= 0.6 is 0 Å². The maximum absolute atomic E-state index is 13.9. The van der Waals surface area contributed by atoms with Gasteiger partial charge in [0.2, 0.25) is 0 Å². The molecule has 0 amide bonds. The lowest BCUT2D eigenvalue weighted by molar-refractivity contribution is -0.358. The van der Waals surface area contributed by atoms with Crippen molar-refractivity contribution in [1.29, 1.82) is 0 Å². The van der Waals surface area contributed by atoms with Gasteiger partial charge in [0.25, 0.3) is 0 Å². The number of hydrogen-bond donors (Lipinski definition) is 0. The van der Waals surface area contributed by atoms with Gasteiger partial charge in [-0.05, 0) is 72.5 Å². The number of nitrogens with zero attached hydrogens (tertiary/aromatic N) is 6. The van der Waals surface area contributed by atoms with Gasteiger partial charge in [0.1, 0.15) is 38.1 Å². The van der Waals surface area contributed by atoms with E-state index in [2.05, 4.69) is 20.1 Å². The minimum atomic E-state index is -1.43. The van der Waals surface area contributed by atoms with Crippen molar-refractivity contribution in [3.8, 4) is 0 Å². The zero-order chi connectivity index (χ0) is 57.3. The smallest absolute Gasteiger partial charge is 0.338 e. The molecule has 5 aliphatic rings. The zero-order valence-electron chi connectivity index (χ0n) is 46.9. The Morgan fingerprint density at radius 1 is 0.487 bits per heavy atom. The summed E-state index contributed by atoms with van der Waals surface area (Å²) >= 11 is 0. The van der Waals surface area contributed by atoms with E-state index in [9.17, 15) is 35.0 Å². The lowest BCUT2D eigenvalue weighted by atomic mass is 9.81. The standard InChI is InChI=1S/C53H78N6O19/c1-23-26(4)43(38(69-31(23)9)21-67-34(12)61)76-53-46(73-48(63)36-18-16-15-17-19-36)30(8)42(32(10)70-53)74-52-41(57-59-55)29(7)44(39(72-52)22-68-35(13)62)75-50-28(6)27(5)45(47(78-50)49(64)65-14)77-51-40(56-58-54)25(3)24(2)37(71-51)20-66-33(11)60/h15-19,23-32,37-47,50-53H,20-22H2,1-14H3/t23?,24-,25-,26+,27+,28?,29+,30?,31+,32-,37?,38?,39?,40?,41?,42-,43-,44-,45-,46?,47?,50+,51+,52+,53-/m0/s1. The van der Waals surface area contributed by atoms with Crippen LogP contribution in [0.4, 0.5) is 0 Å². The number of azide groups is 2. The summed E-state index contributed by atoms with van der Waals surface area (Å²) in [6, 6.07) is 6.44. The molecule has 0 bridgehead atoms. The zero-order valence-corrected chi connectivity index (χ0v) is 46.9. The van der Waals surface area contributed by atoms with Crippen LogP contribution in [0.1, 0.15) is 100 Å².